The third-order valence-electron chi connectivity index (χ3n) is 5.49. The molecule has 0 atom stereocenters. The Labute approximate surface area is 195 Å². The van der Waals surface area contributed by atoms with E-state index in [0.29, 0.717) is 41.2 Å². The van der Waals surface area contributed by atoms with Gasteiger partial charge in [0.1, 0.15) is 0 Å². The molecule has 7 heteroatoms. The number of hydrogen-bond donors (Lipinski definition) is 1. The lowest BCUT2D eigenvalue weighted by Gasteiger charge is -2.27. The van der Waals surface area contributed by atoms with Gasteiger partial charge in [0.25, 0.3) is 5.91 Å². The maximum Gasteiger partial charge on any atom is 0.251 e. The molecular formula is C25H33ClN2O4. The highest BCUT2D eigenvalue weighted by molar-refractivity contribution is 6.32. The highest BCUT2D eigenvalue weighted by Crippen LogP contribution is 2.36. The van der Waals surface area contributed by atoms with Crippen molar-refractivity contribution in [2.75, 3.05) is 40.0 Å². The molecule has 0 spiro atoms. The fraction of sp³-hybridized carbons (Fsp3) is 0.480. The molecule has 1 saturated heterocycles. The molecule has 1 N–H and O–H groups in total. The summed E-state index contributed by atoms with van der Waals surface area (Å²) in [7, 11) is 1.55. The van der Waals surface area contributed by atoms with Crippen LogP contribution in [0, 0.1) is 5.92 Å². The number of nitrogens with zero attached hydrogens (tertiary/aromatic N) is 1. The summed E-state index contributed by atoms with van der Waals surface area (Å²) >= 11 is 6.42. The topological polar surface area (TPSA) is 60.0 Å². The van der Waals surface area contributed by atoms with Crippen molar-refractivity contribution in [1.29, 1.82) is 0 Å². The van der Waals surface area contributed by atoms with E-state index in [4.69, 9.17) is 25.8 Å². The fourth-order valence-electron chi connectivity index (χ4n) is 3.55. The predicted octanol–water partition coefficient (Wildman–Crippen LogP) is 4.54. The maximum atomic E-state index is 12.9. The third-order valence-corrected chi connectivity index (χ3v) is 5.77. The average molecular weight is 461 g/mol. The number of morpholine rings is 1. The molecule has 1 heterocycles. The highest BCUT2D eigenvalue weighted by Gasteiger charge is 2.17. The van der Waals surface area contributed by atoms with Gasteiger partial charge in [0.15, 0.2) is 11.5 Å². The van der Waals surface area contributed by atoms with Gasteiger partial charge in [-0.3, -0.25) is 9.69 Å². The van der Waals surface area contributed by atoms with Crippen LogP contribution in [0.4, 0.5) is 0 Å². The summed E-state index contributed by atoms with van der Waals surface area (Å²) in [5.74, 6) is 1.25. The SMILES string of the molecule is COc1cc(C(=O)NCc2ccccc2CN2CCOCC2)cc(Cl)c1OCCC(C)C. The zero-order chi connectivity index (χ0) is 22.9. The Morgan fingerprint density at radius 2 is 1.91 bits per heavy atom. The molecule has 0 aromatic heterocycles. The summed E-state index contributed by atoms with van der Waals surface area (Å²) in [6.45, 7) is 9.46. The van der Waals surface area contributed by atoms with Gasteiger partial charge >= 0.3 is 0 Å². The highest BCUT2D eigenvalue weighted by atomic mass is 35.5. The molecule has 0 unspecified atom stereocenters. The van der Waals surface area contributed by atoms with Crippen LogP contribution < -0.4 is 14.8 Å². The number of rotatable bonds is 10. The molecule has 2 aromatic carbocycles. The van der Waals surface area contributed by atoms with Crippen LogP contribution in [-0.4, -0.2) is 50.8 Å². The average Bonchev–Trinajstić information content (AvgIpc) is 2.79. The zero-order valence-corrected chi connectivity index (χ0v) is 19.9. The summed E-state index contributed by atoms with van der Waals surface area (Å²) in [6.07, 6.45) is 0.908. The van der Waals surface area contributed by atoms with Gasteiger partial charge in [-0.25, -0.2) is 0 Å². The van der Waals surface area contributed by atoms with E-state index in [9.17, 15) is 4.79 Å². The first-order valence-electron chi connectivity index (χ1n) is 11.1. The van der Waals surface area contributed by atoms with Crippen LogP contribution in [-0.2, 0) is 17.8 Å². The van der Waals surface area contributed by atoms with E-state index < -0.39 is 0 Å². The molecule has 0 bridgehead atoms. The van der Waals surface area contributed by atoms with Gasteiger partial charge in [0.2, 0.25) is 0 Å². The summed E-state index contributed by atoms with van der Waals surface area (Å²) in [5, 5.41) is 3.38. The van der Waals surface area contributed by atoms with Gasteiger partial charge in [-0.05, 0) is 35.6 Å². The van der Waals surface area contributed by atoms with E-state index in [1.807, 2.05) is 12.1 Å². The predicted molar refractivity (Wildman–Crippen MR) is 127 cm³/mol. The fourth-order valence-corrected chi connectivity index (χ4v) is 3.81. The van der Waals surface area contributed by atoms with Crippen LogP contribution >= 0.6 is 11.6 Å². The Bertz CT molecular complexity index is 898. The Morgan fingerprint density at radius 1 is 1.19 bits per heavy atom. The number of halogens is 1. The van der Waals surface area contributed by atoms with Gasteiger partial charge in [-0.1, -0.05) is 49.7 Å². The van der Waals surface area contributed by atoms with Crippen molar-refractivity contribution in [3.05, 3.63) is 58.1 Å². The van der Waals surface area contributed by atoms with Crippen molar-refractivity contribution in [2.45, 2.75) is 33.4 Å². The summed E-state index contributed by atoms with van der Waals surface area (Å²) in [6, 6.07) is 11.5. The Morgan fingerprint density at radius 3 is 2.59 bits per heavy atom. The van der Waals surface area contributed by atoms with Crippen molar-refractivity contribution in [3.63, 3.8) is 0 Å². The second kappa shape index (κ2) is 12.1. The number of methoxy groups -OCH3 is 1. The van der Waals surface area contributed by atoms with Gasteiger partial charge in [-0.2, -0.15) is 0 Å². The molecule has 1 aliphatic rings. The monoisotopic (exact) mass is 460 g/mol. The molecule has 1 amide bonds. The number of ether oxygens (including phenoxy) is 3. The Kier molecular flexibility index (Phi) is 9.21. The first-order chi connectivity index (χ1) is 15.5. The molecule has 32 heavy (non-hydrogen) atoms. The molecular weight excluding hydrogens is 428 g/mol. The molecule has 3 rings (SSSR count). The van der Waals surface area contributed by atoms with Crippen LogP contribution in [0.5, 0.6) is 11.5 Å². The van der Waals surface area contributed by atoms with Crippen molar-refractivity contribution in [3.8, 4) is 11.5 Å². The smallest absolute Gasteiger partial charge is 0.251 e. The normalized spacial score (nSPS) is 14.4. The lowest BCUT2D eigenvalue weighted by molar-refractivity contribution is 0.0340. The van der Waals surface area contributed by atoms with Crippen molar-refractivity contribution in [2.24, 2.45) is 5.92 Å². The van der Waals surface area contributed by atoms with Crippen LogP contribution in [0.25, 0.3) is 0 Å². The van der Waals surface area contributed by atoms with Gasteiger partial charge in [0.05, 0.1) is 32.0 Å². The van der Waals surface area contributed by atoms with Crippen LogP contribution in [0.2, 0.25) is 5.02 Å². The van der Waals surface area contributed by atoms with Crippen LogP contribution in [0.1, 0.15) is 41.8 Å². The van der Waals surface area contributed by atoms with E-state index in [1.165, 1.54) is 5.56 Å². The summed E-state index contributed by atoms with van der Waals surface area (Å²) in [4.78, 5) is 15.2. The molecule has 2 aromatic rings. The van der Waals surface area contributed by atoms with Gasteiger partial charge in [-0.15, -0.1) is 0 Å². The largest absolute Gasteiger partial charge is 0.493 e. The van der Waals surface area contributed by atoms with E-state index >= 15 is 0 Å². The minimum Gasteiger partial charge on any atom is -0.493 e. The second-order valence-electron chi connectivity index (χ2n) is 8.36. The number of nitrogens with one attached hydrogen (secondary N) is 1. The molecule has 0 saturated carbocycles. The van der Waals surface area contributed by atoms with E-state index in [0.717, 1.165) is 44.8 Å². The summed E-state index contributed by atoms with van der Waals surface area (Å²) < 4.78 is 16.7. The van der Waals surface area contributed by atoms with E-state index in [2.05, 4.69) is 36.2 Å². The van der Waals surface area contributed by atoms with Crippen molar-refractivity contribution in [1.82, 2.24) is 10.2 Å². The number of carbonyl (C=O) groups excluding carboxylic acids is 1. The molecule has 6 nitrogen and oxygen atoms in total. The Balaban J connectivity index is 1.65. The van der Waals surface area contributed by atoms with E-state index in [-0.39, 0.29) is 5.91 Å². The molecule has 0 radical (unpaired) electrons. The molecule has 174 valence electrons. The third kappa shape index (κ3) is 6.86. The van der Waals surface area contributed by atoms with E-state index in [1.54, 1.807) is 19.2 Å². The molecule has 1 fully saturated rings. The molecule has 0 aliphatic carbocycles. The lowest BCUT2D eigenvalue weighted by atomic mass is 10.1. The standard InChI is InChI=1S/C25H33ClN2O4/c1-18(2)8-11-32-24-22(26)14-21(15-23(24)30-3)25(29)27-16-19-6-4-5-7-20(19)17-28-9-12-31-13-10-28/h4-7,14-15,18H,8-13,16-17H2,1-3H3,(H,27,29). The molecule has 1 aliphatic heterocycles. The lowest BCUT2D eigenvalue weighted by Crippen LogP contribution is -2.36. The zero-order valence-electron chi connectivity index (χ0n) is 19.2. The number of amides is 1. The summed E-state index contributed by atoms with van der Waals surface area (Å²) in [5.41, 5.74) is 2.74. The van der Waals surface area contributed by atoms with Gasteiger partial charge < -0.3 is 19.5 Å². The first kappa shape index (κ1) is 24.4. The maximum absolute atomic E-state index is 12.9. The quantitative estimate of drug-likeness (QED) is 0.564. The van der Waals surface area contributed by atoms with Gasteiger partial charge in [0, 0.05) is 31.7 Å². The minimum absolute atomic E-state index is 0.208. The second-order valence-corrected chi connectivity index (χ2v) is 8.77. The number of benzene rings is 2. The number of hydrogen-bond acceptors (Lipinski definition) is 5. The number of carbonyl (C=O) groups is 1. The van der Waals surface area contributed by atoms with Crippen LogP contribution in [0.15, 0.2) is 36.4 Å². The Hall–Kier alpha value is -2.28. The van der Waals surface area contributed by atoms with Crippen molar-refractivity contribution >= 4 is 17.5 Å². The van der Waals surface area contributed by atoms with Crippen molar-refractivity contribution < 1.29 is 19.0 Å². The van der Waals surface area contributed by atoms with Crippen LogP contribution in [0.3, 0.4) is 0 Å². The first-order valence-corrected chi connectivity index (χ1v) is 11.5. The minimum atomic E-state index is -0.208.